The number of aliphatic hydroxyl groups is 1. The predicted molar refractivity (Wildman–Crippen MR) is 71.4 cm³/mol. The van der Waals surface area contributed by atoms with Gasteiger partial charge < -0.3 is 20.2 Å². The number of benzene rings is 1. The zero-order valence-electron chi connectivity index (χ0n) is 11.1. The van der Waals surface area contributed by atoms with E-state index < -0.39 is 12.2 Å². The molecule has 6 nitrogen and oxygen atoms in total. The predicted octanol–water partition coefficient (Wildman–Crippen LogP) is 1.11. The Morgan fingerprint density at radius 2 is 2.15 bits per heavy atom. The topological polar surface area (TPSA) is 90.7 Å². The summed E-state index contributed by atoms with van der Waals surface area (Å²) in [6.45, 7) is 1.85. The van der Waals surface area contributed by atoms with Crippen LogP contribution in [0.1, 0.15) is 35.5 Å². The standard InChI is InChI=1S/C14H16N2O4/c1-2-20-12(17)7-9(15)8-16-13(18)10-5-3-4-6-11(10)14(16)19/h3-6,13,15,18H,2,7-8H2,1H3. The molecule has 0 bridgehead atoms. The van der Waals surface area contributed by atoms with Gasteiger partial charge in [-0.15, -0.1) is 0 Å². The summed E-state index contributed by atoms with van der Waals surface area (Å²) in [5.41, 5.74) is 0.994. The van der Waals surface area contributed by atoms with Gasteiger partial charge in [0.2, 0.25) is 0 Å². The highest BCUT2D eigenvalue weighted by Gasteiger charge is 2.35. The second-order valence-electron chi connectivity index (χ2n) is 4.48. The lowest BCUT2D eigenvalue weighted by molar-refractivity contribution is -0.141. The van der Waals surface area contributed by atoms with Crippen LogP contribution in [0.5, 0.6) is 0 Å². The van der Waals surface area contributed by atoms with E-state index >= 15 is 0 Å². The molecule has 2 rings (SSSR count). The molecule has 1 amide bonds. The summed E-state index contributed by atoms with van der Waals surface area (Å²) in [4.78, 5) is 24.6. The minimum absolute atomic E-state index is 0.0312. The van der Waals surface area contributed by atoms with Crippen LogP contribution in [0, 0.1) is 5.41 Å². The number of nitrogens with zero attached hydrogens (tertiary/aromatic N) is 1. The molecule has 0 spiro atoms. The van der Waals surface area contributed by atoms with Crippen LogP contribution in [0.15, 0.2) is 24.3 Å². The van der Waals surface area contributed by atoms with Gasteiger partial charge in [-0.3, -0.25) is 9.59 Å². The number of aliphatic hydroxyl groups excluding tert-OH is 1. The average molecular weight is 276 g/mol. The number of carbonyl (C=O) groups excluding carboxylic acids is 2. The van der Waals surface area contributed by atoms with E-state index in [1.54, 1.807) is 31.2 Å². The zero-order valence-corrected chi connectivity index (χ0v) is 11.1. The summed E-state index contributed by atoms with van der Waals surface area (Å²) in [6.07, 6.45) is -1.25. The number of carbonyl (C=O) groups is 2. The number of amides is 1. The smallest absolute Gasteiger partial charge is 0.311 e. The third-order valence-electron chi connectivity index (χ3n) is 3.05. The number of esters is 1. The molecule has 0 aromatic heterocycles. The van der Waals surface area contributed by atoms with E-state index in [1.807, 2.05) is 0 Å². The van der Waals surface area contributed by atoms with Crippen molar-refractivity contribution < 1.29 is 19.4 Å². The van der Waals surface area contributed by atoms with Crippen molar-refractivity contribution >= 4 is 17.6 Å². The fourth-order valence-corrected chi connectivity index (χ4v) is 2.16. The Morgan fingerprint density at radius 3 is 2.80 bits per heavy atom. The van der Waals surface area contributed by atoms with Crippen molar-refractivity contribution in [2.24, 2.45) is 0 Å². The quantitative estimate of drug-likeness (QED) is 0.622. The molecular weight excluding hydrogens is 260 g/mol. The molecular formula is C14H16N2O4. The SMILES string of the molecule is CCOC(=O)CC(=N)CN1C(=O)c2ccccc2C1O. The average Bonchev–Trinajstić information content (AvgIpc) is 2.65. The van der Waals surface area contributed by atoms with Crippen LogP contribution in [-0.4, -0.2) is 40.7 Å². The Hall–Kier alpha value is -2.21. The normalized spacial score (nSPS) is 17.0. The Bertz CT molecular complexity index is 556. The van der Waals surface area contributed by atoms with E-state index in [9.17, 15) is 14.7 Å². The molecule has 106 valence electrons. The fourth-order valence-electron chi connectivity index (χ4n) is 2.16. The summed E-state index contributed by atoms with van der Waals surface area (Å²) in [6, 6.07) is 6.77. The van der Waals surface area contributed by atoms with Crippen LogP contribution in [0.3, 0.4) is 0 Å². The van der Waals surface area contributed by atoms with Crippen molar-refractivity contribution in [3.05, 3.63) is 35.4 Å². The Labute approximate surface area is 116 Å². The molecule has 1 aliphatic heterocycles. The number of hydrogen-bond donors (Lipinski definition) is 2. The summed E-state index contributed by atoms with van der Waals surface area (Å²) in [7, 11) is 0. The zero-order chi connectivity index (χ0) is 14.7. The van der Waals surface area contributed by atoms with Gasteiger partial charge in [-0.2, -0.15) is 0 Å². The van der Waals surface area contributed by atoms with Gasteiger partial charge >= 0.3 is 5.97 Å². The van der Waals surface area contributed by atoms with Crippen molar-refractivity contribution in [1.29, 1.82) is 5.41 Å². The summed E-state index contributed by atoms with van der Waals surface area (Å²) in [5, 5.41) is 17.8. The Balaban J connectivity index is 2.03. The maximum atomic E-state index is 12.1. The van der Waals surface area contributed by atoms with Crippen molar-refractivity contribution in [1.82, 2.24) is 4.90 Å². The number of ether oxygens (including phenoxy) is 1. The molecule has 0 aliphatic carbocycles. The highest BCUT2D eigenvalue weighted by Crippen LogP contribution is 2.30. The van der Waals surface area contributed by atoms with Crippen molar-refractivity contribution in [3.63, 3.8) is 0 Å². The molecule has 1 aromatic rings. The minimum atomic E-state index is -1.07. The van der Waals surface area contributed by atoms with Crippen LogP contribution in [0.25, 0.3) is 0 Å². The maximum absolute atomic E-state index is 12.1. The first-order valence-corrected chi connectivity index (χ1v) is 6.34. The van der Waals surface area contributed by atoms with Crippen LogP contribution in [0.2, 0.25) is 0 Å². The molecule has 1 aromatic carbocycles. The Kier molecular flexibility index (Phi) is 4.14. The highest BCUT2D eigenvalue weighted by molar-refractivity contribution is 6.04. The summed E-state index contributed by atoms with van der Waals surface area (Å²) < 4.78 is 4.75. The molecule has 0 saturated heterocycles. The number of hydrogen-bond acceptors (Lipinski definition) is 5. The second kappa shape index (κ2) is 5.83. The van der Waals surface area contributed by atoms with Gasteiger partial charge in [0.1, 0.15) is 0 Å². The third kappa shape index (κ3) is 2.70. The molecule has 0 fully saturated rings. The van der Waals surface area contributed by atoms with Gasteiger partial charge in [-0.05, 0) is 13.0 Å². The molecule has 1 unspecified atom stereocenters. The van der Waals surface area contributed by atoms with Gasteiger partial charge in [-0.25, -0.2) is 0 Å². The molecule has 2 N–H and O–H groups in total. The van der Waals surface area contributed by atoms with E-state index in [4.69, 9.17) is 10.1 Å². The number of nitrogens with one attached hydrogen (secondary N) is 1. The third-order valence-corrected chi connectivity index (χ3v) is 3.05. The molecule has 1 aliphatic rings. The summed E-state index contributed by atoms with van der Waals surface area (Å²) >= 11 is 0. The van der Waals surface area contributed by atoms with Gasteiger partial charge in [0.25, 0.3) is 5.91 Å². The highest BCUT2D eigenvalue weighted by atomic mass is 16.5. The maximum Gasteiger partial charge on any atom is 0.311 e. The van der Waals surface area contributed by atoms with Crippen molar-refractivity contribution in [3.8, 4) is 0 Å². The van der Waals surface area contributed by atoms with Gasteiger partial charge in [-0.1, -0.05) is 18.2 Å². The van der Waals surface area contributed by atoms with Gasteiger partial charge in [0.15, 0.2) is 6.23 Å². The fraction of sp³-hybridized carbons (Fsp3) is 0.357. The molecule has 6 heteroatoms. The largest absolute Gasteiger partial charge is 0.466 e. The molecule has 1 heterocycles. The van der Waals surface area contributed by atoms with E-state index in [0.29, 0.717) is 11.1 Å². The minimum Gasteiger partial charge on any atom is -0.466 e. The van der Waals surface area contributed by atoms with E-state index in [2.05, 4.69) is 0 Å². The van der Waals surface area contributed by atoms with Crippen LogP contribution in [-0.2, 0) is 9.53 Å². The van der Waals surface area contributed by atoms with Crippen molar-refractivity contribution in [2.45, 2.75) is 19.6 Å². The summed E-state index contributed by atoms with van der Waals surface area (Å²) in [5.74, 6) is -0.835. The molecule has 1 atom stereocenters. The van der Waals surface area contributed by atoms with Crippen LogP contribution < -0.4 is 0 Å². The van der Waals surface area contributed by atoms with E-state index in [0.717, 1.165) is 0 Å². The van der Waals surface area contributed by atoms with Gasteiger partial charge in [0, 0.05) is 16.8 Å². The van der Waals surface area contributed by atoms with E-state index in [1.165, 1.54) is 4.90 Å². The molecule has 20 heavy (non-hydrogen) atoms. The lowest BCUT2D eigenvalue weighted by Gasteiger charge is -2.20. The number of rotatable bonds is 5. The van der Waals surface area contributed by atoms with Crippen LogP contribution >= 0.6 is 0 Å². The lowest BCUT2D eigenvalue weighted by Crippen LogP contribution is -2.34. The van der Waals surface area contributed by atoms with E-state index in [-0.39, 0.29) is 31.2 Å². The number of fused-ring (bicyclic) bond motifs is 1. The lowest BCUT2D eigenvalue weighted by atomic mass is 10.1. The van der Waals surface area contributed by atoms with Crippen molar-refractivity contribution in [2.75, 3.05) is 13.2 Å². The first-order chi connectivity index (χ1) is 9.54. The Morgan fingerprint density at radius 1 is 1.45 bits per heavy atom. The van der Waals surface area contributed by atoms with Crippen LogP contribution in [0.4, 0.5) is 0 Å². The molecule has 0 radical (unpaired) electrons. The van der Waals surface area contributed by atoms with Gasteiger partial charge in [0.05, 0.1) is 19.6 Å². The first kappa shape index (κ1) is 14.2. The second-order valence-corrected chi connectivity index (χ2v) is 4.48. The first-order valence-electron chi connectivity index (χ1n) is 6.34. The molecule has 0 saturated carbocycles. The monoisotopic (exact) mass is 276 g/mol.